The summed E-state index contributed by atoms with van der Waals surface area (Å²) in [6.45, 7) is 1.20. The number of nitrogens with zero attached hydrogens (tertiary/aromatic N) is 4. The fourth-order valence-corrected chi connectivity index (χ4v) is 4.42. The summed E-state index contributed by atoms with van der Waals surface area (Å²) in [7, 11) is 3.59. The number of carbonyl (C=O) groups excluding carboxylic acids is 3. The molecule has 3 heterocycles. The van der Waals surface area contributed by atoms with Gasteiger partial charge in [-0.25, -0.2) is 0 Å². The second-order valence-corrected chi connectivity index (χ2v) is 9.31. The van der Waals surface area contributed by atoms with Crippen molar-refractivity contribution in [3.05, 3.63) is 48.3 Å². The van der Waals surface area contributed by atoms with Crippen LogP contribution in [0.1, 0.15) is 16.8 Å². The van der Waals surface area contributed by atoms with Gasteiger partial charge in [-0.05, 0) is 44.3 Å². The molecule has 1 saturated heterocycles. The van der Waals surface area contributed by atoms with E-state index in [4.69, 9.17) is 10.5 Å². The Balaban J connectivity index is 1.63. The molecule has 1 aromatic heterocycles. The predicted molar refractivity (Wildman–Crippen MR) is 131 cm³/mol. The highest BCUT2D eigenvalue weighted by molar-refractivity contribution is 5.95. The van der Waals surface area contributed by atoms with Crippen LogP contribution in [0, 0.1) is 0 Å². The van der Waals surface area contributed by atoms with E-state index < -0.39 is 0 Å². The first-order chi connectivity index (χ1) is 16.8. The molecule has 0 saturated carbocycles. The van der Waals surface area contributed by atoms with Gasteiger partial charge >= 0.3 is 0 Å². The van der Waals surface area contributed by atoms with Crippen LogP contribution in [0.4, 0.5) is 0 Å². The molecule has 2 aliphatic rings. The fourth-order valence-electron chi connectivity index (χ4n) is 4.42. The quantitative estimate of drug-likeness (QED) is 0.629. The second-order valence-electron chi connectivity index (χ2n) is 9.31. The number of aromatic nitrogens is 1. The lowest BCUT2D eigenvalue weighted by molar-refractivity contribution is -0.141. The Morgan fingerprint density at radius 2 is 2.00 bits per heavy atom. The Bertz CT molecular complexity index is 1090. The SMILES string of the molecule is CN(C)CC(=O)N1CCNC(=O)c2cncc(c2)-c2cccc(c2)OC[C@@H]2C[C@@H](N)CN2C(=O)C1. The van der Waals surface area contributed by atoms with Crippen molar-refractivity contribution in [1.82, 2.24) is 25.0 Å². The van der Waals surface area contributed by atoms with E-state index in [0.717, 1.165) is 11.1 Å². The maximum absolute atomic E-state index is 13.3. The number of hydrogen-bond acceptors (Lipinski definition) is 7. The van der Waals surface area contributed by atoms with Crippen molar-refractivity contribution in [2.75, 3.05) is 53.4 Å². The normalized spacial score (nSPS) is 21.3. The summed E-state index contributed by atoms with van der Waals surface area (Å²) in [5, 5.41) is 2.84. The maximum atomic E-state index is 13.3. The van der Waals surface area contributed by atoms with Gasteiger partial charge in [0.05, 0.1) is 24.7 Å². The van der Waals surface area contributed by atoms with Gasteiger partial charge in [-0.15, -0.1) is 0 Å². The van der Waals surface area contributed by atoms with Crippen molar-refractivity contribution in [3.63, 3.8) is 0 Å². The van der Waals surface area contributed by atoms with E-state index in [1.54, 1.807) is 36.2 Å². The molecule has 4 bridgehead atoms. The van der Waals surface area contributed by atoms with Gasteiger partial charge in [0.25, 0.3) is 5.91 Å². The Morgan fingerprint density at radius 3 is 2.80 bits per heavy atom. The molecule has 2 atom stereocenters. The van der Waals surface area contributed by atoms with Gasteiger partial charge in [0.15, 0.2) is 0 Å². The number of fused-ring (bicyclic) bond motifs is 6. The fraction of sp³-hybridized carbons (Fsp3) is 0.440. The molecular weight excluding hydrogens is 448 g/mol. The van der Waals surface area contributed by atoms with Crippen LogP contribution in [0.15, 0.2) is 42.7 Å². The molecule has 0 unspecified atom stereocenters. The van der Waals surface area contributed by atoms with Gasteiger partial charge in [-0.1, -0.05) is 12.1 Å². The van der Waals surface area contributed by atoms with Gasteiger partial charge in [0, 0.05) is 43.6 Å². The molecule has 1 fully saturated rings. The van der Waals surface area contributed by atoms with E-state index >= 15 is 0 Å². The third-order valence-corrected chi connectivity index (χ3v) is 6.17. The van der Waals surface area contributed by atoms with E-state index in [2.05, 4.69) is 10.3 Å². The molecule has 4 rings (SSSR count). The summed E-state index contributed by atoms with van der Waals surface area (Å²) >= 11 is 0. The number of pyridine rings is 1. The Morgan fingerprint density at radius 1 is 1.20 bits per heavy atom. The highest BCUT2D eigenvalue weighted by Crippen LogP contribution is 2.25. The van der Waals surface area contributed by atoms with E-state index in [0.29, 0.717) is 30.9 Å². The van der Waals surface area contributed by atoms with E-state index in [-0.39, 0.29) is 56.0 Å². The van der Waals surface area contributed by atoms with E-state index in [1.165, 1.54) is 11.1 Å². The van der Waals surface area contributed by atoms with Gasteiger partial charge in [0.2, 0.25) is 11.8 Å². The molecule has 0 spiro atoms. The first-order valence-corrected chi connectivity index (χ1v) is 11.7. The largest absolute Gasteiger partial charge is 0.491 e. The number of rotatable bonds is 2. The average Bonchev–Trinajstić information content (AvgIpc) is 3.22. The maximum Gasteiger partial charge on any atom is 0.252 e. The summed E-state index contributed by atoms with van der Waals surface area (Å²) in [5.41, 5.74) is 8.25. The number of amides is 3. The van der Waals surface area contributed by atoms with Crippen LogP contribution in [-0.4, -0.2) is 103 Å². The van der Waals surface area contributed by atoms with E-state index in [9.17, 15) is 14.4 Å². The number of likely N-dealkylation sites (N-methyl/N-ethyl adjacent to an activating group) is 1. The first-order valence-electron chi connectivity index (χ1n) is 11.7. The number of carbonyl (C=O) groups is 3. The smallest absolute Gasteiger partial charge is 0.252 e. The standard InChI is InChI=1S/C25H32N6O4/c1-29(2)14-23(32)30-7-6-28-25(34)19-8-18(11-27-12-19)17-4-3-5-22(9-17)35-16-21-10-20(26)13-31(21)24(33)15-30/h3-5,8-9,11-12,20-21H,6-7,10,13-16,26H2,1-2H3,(H,28,34)/t20-,21+/m1/s1. The van der Waals surface area contributed by atoms with E-state index in [1.807, 2.05) is 24.3 Å². The Kier molecular flexibility index (Phi) is 7.62. The summed E-state index contributed by atoms with van der Waals surface area (Å²) < 4.78 is 6.07. The molecular formula is C25H32N6O4. The molecule has 10 nitrogen and oxygen atoms in total. The zero-order chi connectivity index (χ0) is 24.9. The minimum atomic E-state index is -0.298. The van der Waals surface area contributed by atoms with Crippen LogP contribution in [-0.2, 0) is 9.59 Å². The molecule has 35 heavy (non-hydrogen) atoms. The highest BCUT2D eigenvalue weighted by atomic mass is 16.5. The summed E-state index contributed by atoms with van der Waals surface area (Å²) in [5.74, 6) is -0.0179. The topological polar surface area (TPSA) is 121 Å². The zero-order valence-corrected chi connectivity index (χ0v) is 20.1. The molecule has 2 aromatic rings. The van der Waals surface area contributed by atoms with Crippen LogP contribution in [0.25, 0.3) is 11.1 Å². The molecule has 0 aliphatic carbocycles. The number of hydrogen-bond donors (Lipinski definition) is 2. The first kappa shape index (κ1) is 24.6. The monoisotopic (exact) mass is 480 g/mol. The predicted octanol–water partition coefficient (Wildman–Crippen LogP) is 0.189. The van der Waals surface area contributed by atoms with Gasteiger partial charge in [-0.2, -0.15) is 0 Å². The van der Waals surface area contributed by atoms with Gasteiger partial charge in [-0.3, -0.25) is 19.4 Å². The number of benzene rings is 1. The lowest BCUT2D eigenvalue weighted by atomic mass is 10.1. The molecule has 10 heteroatoms. The number of nitrogens with one attached hydrogen (secondary N) is 1. The highest BCUT2D eigenvalue weighted by Gasteiger charge is 2.35. The molecule has 0 radical (unpaired) electrons. The minimum absolute atomic E-state index is 0.0850. The Hall–Kier alpha value is -3.50. The van der Waals surface area contributed by atoms with Gasteiger partial charge < -0.3 is 30.5 Å². The number of nitrogens with two attached hydrogens (primary N) is 1. The summed E-state index contributed by atoms with van der Waals surface area (Å²) in [6.07, 6.45) is 3.82. The lowest BCUT2D eigenvalue weighted by Crippen LogP contribution is -2.49. The van der Waals surface area contributed by atoms with Crippen LogP contribution in [0.5, 0.6) is 5.75 Å². The third kappa shape index (κ3) is 6.14. The molecule has 3 N–H and O–H groups in total. The van der Waals surface area contributed by atoms with Crippen molar-refractivity contribution in [3.8, 4) is 16.9 Å². The van der Waals surface area contributed by atoms with Crippen LogP contribution in [0.2, 0.25) is 0 Å². The molecule has 1 aromatic carbocycles. The van der Waals surface area contributed by atoms with Crippen LogP contribution < -0.4 is 15.8 Å². The van der Waals surface area contributed by atoms with Crippen LogP contribution >= 0.6 is 0 Å². The molecule has 2 aliphatic heterocycles. The average molecular weight is 481 g/mol. The van der Waals surface area contributed by atoms with Crippen molar-refractivity contribution in [2.24, 2.45) is 5.73 Å². The minimum Gasteiger partial charge on any atom is -0.491 e. The molecule has 186 valence electrons. The number of ether oxygens (including phenoxy) is 1. The van der Waals surface area contributed by atoms with Crippen LogP contribution in [0.3, 0.4) is 0 Å². The molecule has 3 amide bonds. The van der Waals surface area contributed by atoms with Crippen molar-refractivity contribution >= 4 is 17.7 Å². The van der Waals surface area contributed by atoms with Crippen molar-refractivity contribution in [2.45, 2.75) is 18.5 Å². The summed E-state index contributed by atoms with van der Waals surface area (Å²) in [6, 6.07) is 8.98. The van der Waals surface area contributed by atoms with Crippen molar-refractivity contribution < 1.29 is 19.1 Å². The zero-order valence-electron chi connectivity index (χ0n) is 20.1. The third-order valence-electron chi connectivity index (χ3n) is 6.17. The second kappa shape index (κ2) is 10.8. The van der Waals surface area contributed by atoms with Gasteiger partial charge in [0.1, 0.15) is 12.4 Å². The lowest BCUT2D eigenvalue weighted by Gasteiger charge is -2.29. The van der Waals surface area contributed by atoms with Crippen molar-refractivity contribution in [1.29, 1.82) is 0 Å². The Labute approximate surface area is 205 Å². The summed E-state index contributed by atoms with van der Waals surface area (Å²) in [4.78, 5) is 48.1.